The largest absolute Gasteiger partial charge is 0.353 e. The molecule has 24 heavy (non-hydrogen) atoms. The molecule has 5 heteroatoms. The number of carbonyl (C=O) groups is 1. The minimum Gasteiger partial charge on any atom is -0.353 e. The average molecular weight is 329 g/mol. The third kappa shape index (κ3) is 3.35. The molecular formula is C19H24FN3O. The highest BCUT2D eigenvalue weighted by Gasteiger charge is 2.36. The molecule has 0 saturated heterocycles. The van der Waals surface area contributed by atoms with Gasteiger partial charge < -0.3 is 5.32 Å². The van der Waals surface area contributed by atoms with Crippen molar-refractivity contribution in [1.29, 1.82) is 0 Å². The van der Waals surface area contributed by atoms with Gasteiger partial charge in [-0.25, -0.2) is 4.39 Å². The van der Waals surface area contributed by atoms with Crippen molar-refractivity contribution in [2.75, 3.05) is 6.54 Å². The molecule has 0 bridgehead atoms. The second-order valence-corrected chi connectivity index (χ2v) is 6.62. The molecule has 1 aliphatic carbocycles. The molecule has 0 radical (unpaired) electrons. The molecule has 0 aliphatic heterocycles. The number of hydrogen-bond acceptors (Lipinski definition) is 2. The molecule has 1 aromatic carbocycles. The van der Waals surface area contributed by atoms with E-state index in [1.807, 2.05) is 31.3 Å². The third-order valence-corrected chi connectivity index (χ3v) is 5.15. The molecule has 1 N–H and O–H groups in total. The van der Waals surface area contributed by atoms with E-state index in [4.69, 9.17) is 0 Å². The van der Waals surface area contributed by atoms with Crippen LogP contribution in [0.5, 0.6) is 0 Å². The number of benzene rings is 1. The lowest BCUT2D eigenvalue weighted by atomic mass is 9.78. The van der Waals surface area contributed by atoms with Crippen LogP contribution >= 0.6 is 0 Å². The summed E-state index contributed by atoms with van der Waals surface area (Å²) in [5.41, 5.74) is 1.04. The van der Waals surface area contributed by atoms with Crippen LogP contribution in [0.3, 0.4) is 0 Å². The number of halogens is 1. The van der Waals surface area contributed by atoms with Crippen LogP contribution in [0.25, 0.3) is 0 Å². The van der Waals surface area contributed by atoms with Gasteiger partial charge in [-0.2, -0.15) is 5.10 Å². The van der Waals surface area contributed by atoms with E-state index in [1.165, 1.54) is 12.1 Å². The highest BCUT2D eigenvalue weighted by Crippen LogP contribution is 2.40. The van der Waals surface area contributed by atoms with Crippen LogP contribution in [-0.4, -0.2) is 22.2 Å². The van der Waals surface area contributed by atoms with Gasteiger partial charge in [-0.1, -0.05) is 31.9 Å². The van der Waals surface area contributed by atoms with E-state index < -0.39 is 0 Å². The van der Waals surface area contributed by atoms with Crippen LogP contribution in [0.15, 0.2) is 42.7 Å². The van der Waals surface area contributed by atoms with E-state index in [-0.39, 0.29) is 23.2 Å². The van der Waals surface area contributed by atoms with E-state index >= 15 is 0 Å². The van der Waals surface area contributed by atoms with Gasteiger partial charge in [0.25, 0.3) is 0 Å². The SMILES string of the molecule is CC[C@H](C(=O)NCC1(c2ccc(F)cc2)CCCC1)n1cccn1. The first-order valence-electron chi connectivity index (χ1n) is 8.67. The lowest BCUT2D eigenvalue weighted by molar-refractivity contribution is -0.125. The van der Waals surface area contributed by atoms with Gasteiger partial charge in [0.2, 0.25) is 5.91 Å². The third-order valence-electron chi connectivity index (χ3n) is 5.15. The maximum Gasteiger partial charge on any atom is 0.244 e. The summed E-state index contributed by atoms with van der Waals surface area (Å²) in [5, 5.41) is 7.31. The van der Waals surface area contributed by atoms with Crippen molar-refractivity contribution >= 4 is 5.91 Å². The van der Waals surface area contributed by atoms with Gasteiger partial charge in [0, 0.05) is 24.4 Å². The maximum absolute atomic E-state index is 13.2. The number of aromatic nitrogens is 2. The molecule has 4 nitrogen and oxygen atoms in total. The Morgan fingerprint density at radius 1 is 1.33 bits per heavy atom. The lowest BCUT2D eigenvalue weighted by Crippen LogP contribution is -2.42. The number of nitrogens with one attached hydrogen (secondary N) is 1. The van der Waals surface area contributed by atoms with Gasteiger partial charge in [-0.05, 0) is 43.0 Å². The van der Waals surface area contributed by atoms with Gasteiger partial charge in [-0.15, -0.1) is 0 Å². The Hall–Kier alpha value is -2.17. The molecule has 1 atom stereocenters. The molecule has 128 valence electrons. The number of nitrogens with zero attached hydrogens (tertiary/aromatic N) is 2. The molecular weight excluding hydrogens is 305 g/mol. The fourth-order valence-electron chi connectivity index (χ4n) is 3.75. The van der Waals surface area contributed by atoms with Crippen molar-refractivity contribution in [2.24, 2.45) is 0 Å². The second-order valence-electron chi connectivity index (χ2n) is 6.62. The maximum atomic E-state index is 13.2. The Labute approximate surface area is 142 Å². The first kappa shape index (κ1) is 16.7. The van der Waals surface area contributed by atoms with Crippen molar-refractivity contribution in [3.8, 4) is 0 Å². The number of carbonyl (C=O) groups excluding carboxylic acids is 1. The Kier molecular flexibility index (Phi) is 4.97. The summed E-state index contributed by atoms with van der Waals surface area (Å²) < 4.78 is 14.9. The van der Waals surface area contributed by atoms with Crippen LogP contribution in [0.1, 0.15) is 50.6 Å². The quantitative estimate of drug-likeness (QED) is 0.880. The fraction of sp³-hybridized carbons (Fsp3) is 0.474. The van der Waals surface area contributed by atoms with E-state index in [9.17, 15) is 9.18 Å². The predicted molar refractivity (Wildman–Crippen MR) is 91.1 cm³/mol. The summed E-state index contributed by atoms with van der Waals surface area (Å²) in [5.74, 6) is -0.227. The summed E-state index contributed by atoms with van der Waals surface area (Å²) in [4.78, 5) is 12.6. The van der Waals surface area contributed by atoms with E-state index in [0.717, 1.165) is 31.2 Å². The number of amides is 1. The monoisotopic (exact) mass is 329 g/mol. The molecule has 1 saturated carbocycles. The zero-order valence-electron chi connectivity index (χ0n) is 14.0. The molecule has 1 aliphatic rings. The van der Waals surface area contributed by atoms with Crippen LogP contribution < -0.4 is 5.32 Å². The van der Waals surface area contributed by atoms with Crippen molar-refractivity contribution in [3.05, 3.63) is 54.1 Å². The molecule has 3 rings (SSSR count). The Bertz CT molecular complexity index is 660. The predicted octanol–water partition coefficient (Wildman–Crippen LogP) is 3.60. The molecule has 1 aromatic heterocycles. The fourth-order valence-corrected chi connectivity index (χ4v) is 3.75. The van der Waals surface area contributed by atoms with E-state index in [2.05, 4.69) is 10.4 Å². The zero-order valence-corrected chi connectivity index (χ0v) is 14.0. The standard InChI is InChI=1S/C19H24FN3O/c1-2-17(23-13-5-12-22-23)18(24)21-14-19(10-3-4-11-19)15-6-8-16(20)9-7-15/h5-9,12-13,17H,2-4,10-11,14H2,1H3,(H,21,24)/t17-/m1/s1. The average Bonchev–Trinajstić information content (AvgIpc) is 3.27. The molecule has 0 spiro atoms. The van der Waals surface area contributed by atoms with Crippen molar-refractivity contribution in [1.82, 2.24) is 15.1 Å². The van der Waals surface area contributed by atoms with E-state index in [1.54, 1.807) is 10.9 Å². The summed E-state index contributed by atoms with van der Waals surface area (Å²) in [6.07, 6.45) is 8.53. The van der Waals surface area contributed by atoms with Crippen molar-refractivity contribution < 1.29 is 9.18 Å². The normalized spacial score (nSPS) is 17.6. The topological polar surface area (TPSA) is 46.9 Å². The number of hydrogen-bond donors (Lipinski definition) is 1. The van der Waals surface area contributed by atoms with Crippen LogP contribution in [-0.2, 0) is 10.2 Å². The summed E-state index contributed by atoms with van der Waals surface area (Å²) in [6.45, 7) is 2.58. The summed E-state index contributed by atoms with van der Waals surface area (Å²) >= 11 is 0. The Balaban J connectivity index is 1.72. The van der Waals surface area contributed by atoms with Crippen molar-refractivity contribution in [3.63, 3.8) is 0 Å². The van der Waals surface area contributed by atoms with Gasteiger partial charge >= 0.3 is 0 Å². The molecule has 0 unspecified atom stereocenters. The first-order chi connectivity index (χ1) is 11.6. The van der Waals surface area contributed by atoms with Gasteiger partial charge in [0.15, 0.2) is 0 Å². The smallest absolute Gasteiger partial charge is 0.244 e. The van der Waals surface area contributed by atoms with Gasteiger partial charge in [0.05, 0.1) is 0 Å². The van der Waals surface area contributed by atoms with Crippen molar-refractivity contribution in [2.45, 2.75) is 50.5 Å². The van der Waals surface area contributed by atoms with Gasteiger partial charge in [0.1, 0.15) is 11.9 Å². The highest BCUT2D eigenvalue weighted by molar-refractivity contribution is 5.80. The van der Waals surface area contributed by atoms with Crippen LogP contribution in [0, 0.1) is 5.82 Å². The summed E-state index contributed by atoms with van der Waals surface area (Å²) in [6, 6.07) is 8.28. The van der Waals surface area contributed by atoms with Gasteiger partial charge in [-0.3, -0.25) is 9.48 Å². The number of rotatable bonds is 6. The Morgan fingerprint density at radius 3 is 2.62 bits per heavy atom. The first-order valence-corrected chi connectivity index (χ1v) is 8.67. The minimum atomic E-state index is -0.285. The second kappa shape index (κ2) is 7.16. The van der Waals surface area contributed by atoms with Crippen LogP contribution in [0.4, 0.5) is 4.39 Å². The summed E-state index contributed by atoms with van der Waals surface area (Å²) in [7, 11) is 0. The molecule has 1 heterocycles. The molecule has 2 aromatic rings. The lowest BCUT2D eigenvalue weighted by Gasteiger charge is -2.31. The zero-order chi connectivity index (χ0) is 17.0. The minimum absolute atomic E-state index is 0.00501. The van der Waals surface area contributed by atoms with Crippen LogP contribution in [0.2, 0.25) is 0 Å². The Morgan fingerprint density at radius 2 is 2.04 bits per heavy atom. The highest BCUT2D eigenvalue weighted by atomic mass is 19.1. The van der Waals surface area contributed by atoms with E-state index in [0.29, 0.717) is 13.0 Å². The molecule has 1 amide bonds. The molecule has 1 fully saturated rings.